The molecule has 0 spiro atoms. The van der Waals surface area contributed by atoms with E-state index >= 15 is 0 Å². The lowest BCUT2D eigenvalue weighted by Gasteiger charge is -2.21. The van der Waals surface area contributed by atoms with E-state index in [1.165, 1.54) is 77.5 Å². The summed E-state index contributed by atoms with van der Waals surface area (Å²) in [6, 6.07) is 0. The number of unbranched alkanes of at least 4 members (excludes halogenated alkanes) is 4. The van der Waals surface area contributed by atoms with E-state index < -0.39 is 0 Å². The molecule has 0 aliphatic carbocycles. The van der Waals surface area contributed by atoms with Gasteiger partial charge in [-0.3, -0.25) is 9.36 Å². The molecule has 0 fully saturated rings. The zero-order valence-corrected chi connectivity index (χ0v) is 31.6. The van der Waals surface area contributed by atoms with Crippen LogP contribution < -0.4 is 0 Å². The van der Waals surface area contributed by atoms with Crippen molar-refractivity contribution in [1.82, 2.24) is 39.8 Å². The van der Waals surface area contributed by atoms with E-state index in [0.717, 1.165) is 50.4 Å². The minimum absolute atomic E-state index is 0.442. The summed E-state index contributed by atoms with van der Waals surface area (Å²) in [6.45, 7) is 22.8. The van der Waals surface area contributed by atoms with Crippen LogP contribution in [0.4, 0.5) is 0 Å². The molecule has 2 rings (SSSR count). The lowest BCUT2D eigenvalue weighted by molar-refractivity contribution is -0.0141. The Morgan fingerprint density at radius 2 is 0.755 bits per heavy atom. The molecule has 0 aliphatic rings. The molecular weight excluding hydrogens is 624 g/mol. The van der Waals surface area contributed by atoms with Gasteiger partial charge in [0.05, 0.1) is 78.5 Å². The Morgan fingerprint density at radius 3 is 1.08 bits per heavy atom. The number of rotatable bonds is 36. The largest absolute Gasteiger partial charge is 0.377 e. The van der Waals surface area contributed by atoms with E-state index in [0.29, 0.717) is 66.1 Å². The van der Waals surface area contributed by atoms with Gasteiger partial charge in [0.15, 0.2) is 0 Å². The van der Waals surface area contributed by atoms with Crippen LogP contribution in [0.1, 0.15) is 103 Å². The fourth-order valence-electron chi connectivity index (χ4n) is 5.27. The number of hydrogen-bond acceptors (Lipinski definition) is 11. The molecule has 2 aromatic heterocycles. The molecule has 0 N–H and O–H groups in total. The average Bonchev–Trinajstić information content (AvgIpc) is 3.77. The molecule has 0 saturated carbocycles. The van der Waals surface area contributed by atoms with E-state index in [1.54, 1.807) is 0 Å². The van der Waals surface area contributed by atoms with Crippen LogP contribution in [-0.4, -0.2) is 132 Å². The standard InChI is InChI=1S/C36H70N8O5/c1-5-9-15-41(16-10-6-2)19-13-21-43-31-35(37-39-43)33-48-29-27-46-25-23-45-24-26-47-28-30-49-34-36-32-44(40-38-36)22-14-20-42(17-11-7-3)18-12-8-4/h31-32H,5-30,33-34H2,1-4H3. The van der Waals surface area contributed by atoms with Crippen molar-refractivity contribution < 1.29 is 23.7 Å². The Morgan fingerprint density at radius 1 is 0.449 bits per heavy atom. The average molecular weight is 695 g/mol. The molecule has 2 heterocycles. The first-order valence-corrected chi connectivity index (χ1v) is 19.3. The normalized spacial score (nSPS) is 11.9. The van der Waals surface area contributed by atoms with Crippen LogP contribution >= 0.6 is 0 Å². The van der Waals surface area contributed by atoms with Crippen molar-refractivity contribution in [3.05, 3.63) is 23.8 Å². The molecule has 0 saturated heterocycles. The minimum Gasteiger partial charge on any atom is -0.377 e. The van der Waals surface area contributed by atoms with Gasteiger partial charge >= 0.3 is 0 Å². The maximum atomic E-state index is 5.70. The van der Waals surface area contributed by atoms with Crippen molar-refractivity contribution >= 4 is 0 Å². The number of ether oxygens (including phenoxy) is 5. The molecule has 0 bridgehead atoms. The highest BCUT2D eigenvalue weighted by Crippen LogP contribution is 2.05. The number of hydrogen-bond donors (Lipinski definition) is 0. The highest BCUT2D eigenvalue weighted by molar-refractivity contribution is 4.90. The molecule has 0 aliphatic heterocycles. The van der Waals surface area contributed by atoms with Gasteiger partial charge < -0.3 is 33.5 Å². The van der Waals surface area contributed by atoms with Crippen molar-refractivity contribution in [3.8, 4) is 0 Å². The van der Waals surface area contributed by atoms with E-state index in [1.807, 2.05) is 21.8 Å². The Bertz CT molecular complexity index is 902. The van der Waals surface area contributed by atoms with Gasteiger partial charge in [-0.2, -0.15) is 0 Å². The molecule has 0 atom stereocenters. The van der Waals surface area contributed by atoms with Gasteiger partial charge in [0, 0.05) is 13.1 Å². The van der Waals surface area contributed by atoms with Crippen molar-refractivity contribution in [3.63, 3.8) is 0 Å². The van der Waals surface area contributed by atoms with E-state index in [-0.39, 0.29) is 0 Å². The first-order chi connectivity index (χ1) is 24.2. The molecular formula is C36H70N8O5. The predicted molar refractivity (Wildman–Crippen MR) is 194 cm³/mol. The van der Waals surface area contributed by atoms with Crippen LogP contribution in [0.3, 0.4) is 0 Å². The topological polar surface area (TPSA) is 114 Å². The second kappa shape index (κ2) is 30.8. The monoisotopic (exact) mass is 695 g/mol. The molecule has 13 heteroatoms. The molecule has 49 heavy (non-hydrogen) atoms. The molecule has 0 unspecified atom stereocenters. The number of nitrogens with zero attached hydrogens (tertiary/aromatic N) is 8. The maximum Gasteiger partial charge on any atom is 0.108 e. The zero-order valence-electron chi connectivity index (χ0n) is 31.6. The third-order valence-electron chi connectivity index (χ3n) is 8.19. The van der Waals surface area contributed by atoms with Gasteiger partial charge in [-0.05, 0) is 77.8 Å². The SMILES string of the molecule is CCCCN(CCCC)CCCn1cc(COCCOCCOCCOCCOCc2cn(CCCN(CCCC)CCCC)nn2)nn1. The lowest BCUT2D eigenvalue weighted by atomic mass is 10.2. The summed E-state index contributed by atoms with van der Waals surface area (Å²) in [5, 5.41) is 17.0. The summed E-state index contributed by atoms with van der Waals surface area (Å²) in [5.41, 5.74) is 1.70. The number of aryl methyl sites for hydroxylation is 2. The van der Waals surface area contributed by atoms with Crippen molar-refractivity contribution in [2.75, 3.05) is 92.1 Å². The first kappa shape index (κ1) is 43.2. The summed E-state index contributed by atoms with van der Waals surface area (Å²) in [5.74, 6) is 0. The van der Waals surface area contributed by atoms with E-state index in [2.05, 4.69) is 58.1 Å². The predicted octanol–water partition coefficient (Wildman–Crippen LogP) is 5.24. The highest BCUT2D eigenvalue weighted by Gasteiger charge is 2.07. The van der Waals surface area contributed by atoms with Crippen molar-refractivity contribution in [2.45, 2.75) is 118 Å². The Balaban J connectivity index is 1.36. The smallest absolute Gasteiger partial charge is 0.108 e. The van der Waals surface area contributed by atoms with E-state index in [9.17, 15) is 0 Å². The Hall–Kier alpha value is -2.00. The third kappa shape index (κ3) is 23.2. The number of aromatic nitrogens is 6. The van der Waals surface area contributed by atoms with Crippen molar-refractivity contribution in [2.24, 2.45) is 0 Å². The summed E-state index contributed by atoms with van der Waals surface area (Å²) in [7, 11) is 0. The van der Waals surface area contributed by atoms with Gasteiger partial charge in [0.25, 0.3) is 0 Å². The van der Waals surface area contributed by atoms with Gasteiger partial charge in [-0.15, -0.1) is 10.2 Å². The minimum atomic E-state index is 0.442. The molecule has 0 amide bonds. The summed E-state index contributed by atoms with van der Waals surface area (Å²) in [4.78, 5) is 5.17. The zero-order chi connectivity index (χ0) is 35.0. The third-order valence-corrected chi connectivity index (χ3v) is 8.19. The van der Waals surface area contributed by atoms with Crippen LogP contribution in [0.5, 0.6) is 0 Å². The van der Waals surface area contributed by atoms with Crippen LogP contribution in [0, 0.1) is 0 Å². The summed E-state index contributed by atoms with van der Waals surface area (Å²) >= 11 is 0. The second-order valence-corrected chi connectivity index (χ2v) is 12.7. The molecule has 0 aromatic carbocycles. The highest BCUT2D eigenvalue weighted by atomic mass is 16.6. The van der Waals surface area contributed by atoms with Gasteiger partial charge in [0.2, 0.25) is 0 Å². The van der Waals surface area contributed by atoms with Crippen molar-refractivity contribution in [1.29, 1.82) is 0 Å². The van der Waals surface area contributed by atoms with E-state index in [4.69, 9.17) is 23.7 Å². The van der Waals surface area contributed by atoms with Crippen LogP contribution in [0.2, 0.25) is 0 Å². The quantitative estimate of drug-likeness (QED) is 0.0873. The molecule has 2 aromatic rings. The summed E-state index contributed by atoms with van der Waals surface area (Å²) < 4.78 is 32.0. The van der Waals surface area contributed by atoms with Crippen LogP contribution in [0.25, 0.3) is 0 Å². The second-order valence-electron chi connectivity index (χ2n) is 12.7. The lowest BCUT2D eigenvalue weighted by Crippen LogP contribution is -2.28. The van der Waals surface area contributed by atoms with Crippen LogP contribution in [0.15, 0.2) is 12.4 Å². The molecule has 284 valence electrons. The Kier molecular flexibility index (Phi) is 27.1. The molecule has 13 nitrogen and oxygen atoms in total. The van der Waals surface area contributed by atoms with Gasteiger partial charge in [-0.1, -0.05) is 63.8 Å². The Labute approximate surface area is 297 Å². The fraction of sp³-hybridized carbons (Fsp3) is 0.889. The fourth-order valence-corrected chi connectivity index (χ4v) is 5.27. The van der Waals surface area contributed by atoms with Crippen LogP contribution in [-0.2, 0) is 50.0 Å². The van der Waals surface area contributed by atoms with Gasteiger partial charge in [0.1, 0.15) is 11.4 Å². The molecule has 0 radical (unpaired) electrons. The maximum absolute atomic E-state index is 5.70. The first-order valence-electron chi connectivity index (χ1n) is 19.3. The summed E-state index contributed by atoms with van der Waals surface area (Å²) in [6.07, 6.45) is 16.2. The van der Waals surface area contributed by atoms with Gasteiger partial charge in [-0.25, -0.2) is 0 Å².